The number of anilines is 1. The first-order chi connectivity index (χ1) is 11.6. The number of hydrogen-bond donors (Lipinski definition) is 2. The highest BCUT2D eigenvalue weighted by atomic mass is 19.1. The minimum Gasteiger partial charge on any atom is -0.493 e. The molecule has 0 saturated carbocycles. The molecule has 2 aromatic rings. The molecule has 0 heterocycles. The third-order valence-corrected chi connectivity index (χ3v) is 2.92. The first-order valence-electron chi connectivity index (χ1n) is 7.22. The van der Waals surface area contributed by atoms with Crippen molar-refractivity contribution in [3.8, 4) is 5.75 Å². The molecule has 6 nitrogen and oxygen atoms in total. The minimum atomic E-state index is -1.02. The fourth-order valence-corrected chi connectivity index (χ4v) is 1.83. The number of hydrazone groups is 1. The number of nitrogens with one attached hydrogen (secondary N) is 2. The van der Waals surface area contributed by atoms with Crippen molar-refractivity contribution >= 4 is 23.7 Å². The Bertz CT molecular complexity index is 762. The van der Waals surface area contributed by atoms with E-state index in [0.717, 1.165) is 0 Å². The maximum absolute atomic E-state index is 13.4. The van der Waals surface area contributed by atoms with Crippen LogP contribution in [0.15, 0.2) is 53.6 Å². The van der Waals surface area contributed by atoms with Crippen LogP contribution in [-0.2, 0) is 9.59 Å². The van der Waals surface area contributed by atoms with E-state index in [9.17, 15) is 14.0 Å². The summed E-state index contributed by atoms with van der Waals surface area (Å²) in [5.74, 6) is -2.06. The molecule has 0 spiro atoms. The van der Waals surface area contributed by atoms with Gasteiger partial charge < -0.3 is 10.1 Å². The van der Waals surface area contributed by atoms with Gasteiger partial charge >= 0.3 is 11.8 Å². The SMILES string of the molecule is CCOc1ccccc1/C=N\NC(=O)C(=O)Nc1ccccc1F. The minimum absolute atomic E-state index is 0.0803. The van der Waals surface area contributed by atoms with Gasteiger partial charge in [-0.05, 0) is 31.2 Å². The van der Waals surface area contributed by atoms with Gasteiger partial charge in [0.2, 0.25) is 0 Å². The Kier molecular flexibility index (Phi) is 6.01. The van der Waals surface area contributed by atoms with Crippen LogP contribution in [-0.4, -0.2) is 24.6 Å². The summed E-state index contributed by atoms with van der Waals surface area (Å²) in [5.41, 5.74) is 2.65. The zero-order chi connectivity index (χ0) is 17.4. The van der Waals surface area contributed by atoms with Crippen LogP contribution in [0.3, 0.4) is 0 Å². The molecular formula is C17H16FN3O3. The Morgan fingerprint density at radius 2 is 1.83 bits per heavy atom. The first kappa shape index (κ1) is 17.1. The molecular weight excluding hydrogens is 313 g/mol. The van der Waals surface area contributed by atoms with Gasteiger partial charge in [-0.2, -0.15) is 5.10 Å². The van der Waals surface area contributed by atoms with Crippen LogP contribution in [0.5, 0.6) is 5.75 Å². The van der Waals surface area contributed by atoms with Gasteiger partial charge in [-0.1, -0.05) is 24.3 Å². The third-order valence-electron chi connectivity index (χ3n) is 2.92. The average molecular weight is 329 g/mol. The number of nitrogens with zero attached hydrogens (tertiary/aromatic N) is 1. The van der Waals surface area contributed by atoms with Gasteiger partial charge in [-0.15, -0.1) is 0 Å². The fourth-order valence-electron chi connectivity index (χ4n) is 1.83. The molecule has 0 aliphatic carbocycles. The van der Waals surface area contributed by atoms with Crippen molar-refractivity contribution < 1.29 is 18.7 Å². The molecule has 0 aliphatic rings. The van der Waals surface area contributed by atoms with Crippen molar-refractivity contribution in [3.63, 3.8) is 0 Å². The number of hydrogen-bond acceptors (Lipinski definition) is 4. The predicted molar refractivity (Wildman–Crippen MR) is 88.4 cm³/mol. The van der Waals surface area contributed by atoms with Gasteiger partial charge in [0, 0.05) is 5.56 Å². The van der Waals surface area contributed by atoms with Crippen molar-refractivity contribution in [1.29, 1.82) is 0 Å². The Morgan fingerprint density at radius 1 is 1.12 bits per heavy atom. The zero-order valence-corrected chi connectivity index (χ0v) is 13.0. The quantitative estimate of drug-likeness (QED) is 0.502. The molecule has 124 valence electrons. The molecule has 0 atom stereocenters. The van der Waals surface area contributed by atoms with Crippen LogP contribution in [0, 0.1) is 5.82 Å². The second kappa shape index (κ2) is 8.42. The summed E-state index contributed by atoms with van der Waals surface area (Å²) in [6.07, 6.45) is 1.36. The van der Waals surface area contributed by atoms with Crippen LogP contribution in [0.4, 0.5) is 10.1 Å². The summed E-state index contributed by atoms with van der Waals surface area (Å²) in [5, 5.41) is 5.88. The standard InChI is InChI=1S/C17H16FN3O3/c1-2-24-15-10-6-3-7-12(15)11-19-21-17(23)16(22)20-14-9-5-4-8-13(14)18/h3-11H,2H2,1H3,(H,20,22)(H,21,23)/b19-11-. The van der Waals surface area contributed by atoms with Crippen LogP contribution < -0.4 is 15.5 Å². The van der Waals surface area contributed by atoms with E-state index in [2.05, 4.69) is 15.8 Å². The van der Waals surface area contributed by atoms with Crippen LogP contribution in [0.25, 0.3) is 0 Å². The second-order valence-electron chi connectivity index (χ2n) is 4.60. The Hall–Kier alpha value is -3.22. The first-order valence-corrected chi connectivity index (χ1v) is 7.22. The van der Waals surface area contributed by atoms with E-state index >= 15 is 0 Å². The molecule has 0 fully saturated rings. The zero-order valence-electron chi connectivity index (χ0n) is 13.0. The van der Waals surface area contributed by atoms with Crippen molar-refractivity contribution in [2.45, 2.75) is 6.92 Å². The highest BCUT2D eigenvalue weighted by Gasteiger charge is 2.14. The number of carbonyl (C=O) groups excluding carboxylic acids is 2. The molecule has 2 rings (SSSR count). The molecule has 2 aromatic carbocycles. The Labute approximate surface area is 138 Å². The molecule has 0 saturated heterocycles. The summed E-state index contributed by atoms with van der Waals surface area (Å²) in [7, 11) is 0. The van der Waals surface area contributed by atoms with Gasteiger partial charge in [-0.3, -0.25) is 9.59 Å². The second-order valence-corrected chi connectivity index (χ2v) is 4.60. The number of benzene rings is 2. The summed E-state index contributed by atoms with van der Waals surface area (Å²) in [4.78, 5) is 23.4. The lowest BCUT2D eigenvalue weighted by atomic mass is 10.2. The maximum atomic E-state index is 13.4. The number of rotatable bonds is 5. The molecule has 0 unspecified atom stereocenters. The van der Waals surface area contributed by atoms with Crippen LogP contribution in [0.2, 0.25) is 0 Å². The van der Waals surface area contributed by atoms with Gasteiger partial charge in [-0.25, -0.2) is 9.82 Å². The largest absolute Gasteiger partial charge is 0.493 e. The average Bonchev–Trinajstić information content (AvgIpc) is 2.58. The van der Waals surface area contributed by atoms with E-state index in [-0.39, 0.29) is 5.69 Å². The lowest BCUT2D eigenvalue weighted by Gasteiger charge is -2.06. The van der Waals surface area contributed by atoms with Gasteiger partial charge in [0.15, 0.2) is 0 Å². The van der Waals surface area contributed by atoms with Crippen LogP contribution in [0.1, 0.15) is 12.5 Å². The molecule has 7 heteroatoms. The van der Waals surface area contributed by atoms with E-state index in [0.29, 0.717) is 17.9 Å². The molecule has 24 heavy (non-hydrogen) atoms. The van der Waals surface area contributed by atoms with Crippen molar-refractivity contribution in [1.82, 2.24) is 5.43 Å². The number of para-hydroxylation sites is 2. The topological polar surface area (TPSA) is 79.8 Å². The monoisotopic (exact) mass is 329 g/mol. The van der Waals surface area contributed by atoms with Gasteiger partial charge in [0.25, 0.3) is 0 Å². The Balaban J connectivity index is 1.95. The third kappa shape index (κ3) is 4.64. The van der Waals surface area contributed by atoms with E-state index in [4.69, 9.17) is 4.74 Å². The lowest BCUT2D eigenvalue weighted by molar-refractivity contribution is -0.136. The Morgan fingerprint density at radius 3 is 2.58 bits per heavy atom. The normalized spacial score (nSPS) is 10.4. The number of ether oxygens (including phenoxy) is 1. The van der Waals surface area contributed by atoms with E-state index < -0.39 is 17.6 Å². The summed E-state index contributed by atoms with van der Waals surface area (Å²) < 4.78 is 18.8. The highest BCUT2D eigenvalue weighted by molar-refractivity contribution is 6.39. The van der Waals surface area contributed by atoms with Crippen molar-refractivity contribution in [3.05, 3.63) is 59.9 Å². The number of amides is 2. The molecule has 2 amide bonds. The van der Waals surface area contributed by atoms with Crippen molar-refractivity contribution in [2.75, 3.05) is 11.9 Å². The molecule has 0 aliphatic heterocycles. The lowest BCUT2D eigenvalue weighted by Crippen LogP contribution is -2.32. The van der Waals surface area contributed by atoms with E-state index in [1.807, 2.05) is 13.0 Å². The van der Waals surface area contributed by atoms with Gasteiger partial charge in [0.1, 0.15) is 11.6 Å². The molecule has 0 radical (unpaired) electrons. The smallest absolute Gasteiger partial charge is 0.329 e. The van der Waals surface area contributed by atoms with E-state index in [1.54, 1.807) is 24.3 Å². The molecule has 0 aromatic heterocycles. The highest BCUT2D eigenvalue weighted by Crippen LogP contribution is 2.15. The molecule has 2 N–H and O–H groups in total. The maximum Gasteiger partial charge on any atom is 0.329 e. The van der Waals surface area contributed by atoms with E-state index in [1.165, 1.54) is 24.4 Å². The predicted octanol–water partition coefficient (Wildman–Crippen LogP) is 2.31. The number of carbonyl (C=O) groups is 2. The van der Waals surface area contributed by atoms with Gasteiger partial charge in [0.05, 0.1) is 18.5 Å². The number of halogens is 1. The summed E-state index contributed by atoms with van der Waals surface area (Å²) in [6.45, 7) is 2.34. The molecule has 0 bridgehead atoms. The fraction of sp³-hybridized carbons (Fsp3) is 0.118. The summed E-state index contributed by atoms with van der Waals surface area (Å²) >= 11 is 0. The van der Waals surface area contributed by atoms with Crippen molar-refractivity contribution in [2.24, 2.45) is 5.10 Å². The summed E-state index contributed by atoms with van der Waals surface area (Å²) in [6, 6.07) is 12.7. The van der Waals surface area contributed by atoms with Crippen LogP contribution >= 0.6 is 0 Å².